The van der Waals surface area contributed by atoms with E-state index in [2.05, 4.69) is 55.4 Å². The van der Waals surface area contributed by atoms with E-state index in [9.17, 15) is 56.4 Å². The summed E-state index contributed by atoms with van der Waals surface area (Å²) in [4.78, 5) is 142. The molecule has 0 radical (unpaired) electrons. The van der Waals surface area contributed by atoms with E-state index >= 15 is 0 Å². The highest BCUT2D eigenvalue weighted by Crippen LogP contribution is 2.61. The van der Waals surface area contributed by atoms with Gasteiger partial charge >= 0.3 is 6.03 Å². The quantitative estimate of drug-likeness (QED) is 0.0293. The molecular formula is C71H104N12O16S2. The van der Waals surface area contributed by atoms with Gasteiger partial charge < -0.3 is 61.5 Å². The lowest BCUT2D eigenvalue weighted by molar-refractivity contribution is -0.141. The summed E-state index contributed by atoms with van der Waals surface area (Å²) >= 11 is 1.33. The standard InChI is InChI=1S/C71H104N12O16S2/c1-10-46(7)62(78-66(90)56-20-14-15-29-81(56)8)69(92)82(9)57(44(3)4)37-49(41-96-11-2)68-76-55(42-100-68)65(89)79-71-38-52(50-17-12-13-18-51(50)53(71)39-71)63(87)80-101(94,95)43-48-23-21-47(22-24-48)40-74-64(88)54(19-16-28-73-70(72)93)75-67(91)61(45(5)6)77-58(84)27-31-97-33-35-99-36-34-98-32-30-83-59(85)25-26-60(83)86/h12-13,17-18,21-26,42,44-46,49,52-54,56-57,61-62H,10-11,14-16,19-20,27-41,43H2,1-9H3,(H,74,88)(H,75,91)(H,77,84)(H,78,90)(H,79,89)(H,80,87)(H3,72,73,93)/t46-,49-,52+,53-,54-,56+,57+,61-,62-,71?/m0/s1. The van der Waals surface area contributed by atoms with E-state index in [0.29, 0.717) is 54.2 Å². The van der Waals surface area contributed by atoms with Crippen molar-refractivity contribution in [2.75, 3.05) is 86.6 Å². The molecule has 3 aromatic rings. The number of likely N-dealkylation sites (N-methyl/N-ethyl adjacent to an activating group) is 2. The number of ether oxygens (including phenoxy) is 4. The summed E-state index contributed by atoms with van der Waals surface area (Å²) in [5, 5.41) is 19.5. The molecule has 10 atom stereocenters. The number of imide groups is 1. The number of nitrogens with two attached hydrogens (primary N) is 1. The highest BCUT2D eigenvalue weighted by atomic mass is 32.2. The van der Waals surface area contributed by atoms with Crippen molar-refractivity contribution in [3.8, 4) is 0 Å². The zero-order valence-electron chi connectivity index (χ0n) is 59.7. The number of amides is 11. The molecule has 9 N–H and O–H groups in total. The molecule has 1 aromatic heterocycles. The first-order valence-electron chi connectivity index (χ1n) is 35.2. The number of nitrogens with one attached hydrogen (secondary N) is 7. The number of piperidine rings is 1. The first-order chi connectivity index (χ1) is 48.2. The molecule has 4 aliphatic rings. The number of carbonyl (C=O) groups is 10. The van der Waals surface area contributed by atoms with E-state index in [4.69, 9.17) is 29.7 Å². The average Bonchev–Trinajstić information content (AvgIpc) is 1.55. The molecular weight excluding hydrogens is 1340 g/mol. The topological polar surface area (TPSA) is 375 Å². The Hall–Kier alpha value is -7.74. The number of nitrogens with zero attached hydrogens (tertiary/aromatic N) is 4. The Kier molecular flexibility index (Phi) is 30.7. The second-order valence-corrected chi connectivity index (χ2v) is 29.9. The second-order valence-electron chi connectivity index (χ2n) is 27.3. The maximum absolute atomic E-state index is 14.5. The highest BCUT2D eigenvalue weighted by molar-refractivity contribution is 7.89. The Labute approximate surface area is 596 Å². The highest BCUT2D eigenvalue weighted by Gasteiger charge is 2.61. The van der Waals surface area contributed by atoms with Crippen LogP contribution in [0.25, 0.3) is 0 Å². The molecule has 2 aromatic carbocycles. The van der Waals surface area contributed by atoms with E-state index < -0.39 is 86.8 Å². The first kappa shape index (κ1) is 80.6. The van der Waals surface area contributed by atoms with E-state index in [1.165, 1.54) is 23.5 Å². The first-order valence-corrected chi connectivity index (χ1v) is 37.7. The fraction of sp³-hybridized carbons (Fsp3) is 0.620. The van der Waals surface area contributed by atoms with Gasteiger partial charge in [-0.25, -0.2) is 18.2 Å². The number of thiazole rings is 1. The van der Waals surface area contributed by atoms with Gasteiger partial charge in [0.15, 0.2) is 0 Å². The largest absolute Gasteiger partial charge is 0.381 e. The molecule has 7 rings (SSSR count). The number of likely N-dealkylation sites (tertiary alicyclic amines) is 1. The predicted molar refractivity (Wildman–Crippen MR) is 378 cm³/mol. The smallest absolute Gasteiger partial charge is 0.312 e. The average molecular weight is 1450 g/mol. The van der Waals surface area contributed by atoms with Crippen LogP contribution >= 0.6 is 11.3 Å². The lowest BCUT2D eigenvalue weighted by atomic mass is 9.79. The Morgan fingerprint density at radius 3 is 2.08 bits per heavy atom. The van der Waals surface area contributed by atoms with Gasteiger partial charge in [-0.15, -0.1) is 11.3 Å². The molecule has 101 heavy (non-hydrogen) atoms. The summed E-state index contributed by atoms with van der Waals surface area (Å²) in [7, 11) is -0.552. The van der Waals surface area contributed by atoms with E-state index in [0.717, 1.165) is 36.3 Å². The Morgan fingerprint density at radius 2 is 1.44 bits per heavy atom. The summed E-state index contributed by atoms with van der Waals surface area (Å²) in [5.41, 5.74) is 7.01. The van der Waals surface area contributed by atoms with Crippen LogP contribution in [-0.4, -0.2) is 210 Å². The number of urea groups is 1. The van der Waals surface area contributed by atoms with Gasteiger partial charge in [-0.05, 0) is 105 Å². The van der Waals surface area contributed by atoms with Gasteiger partial charge in [0.1, 0.15) is 23.8 Å². The zero-order valence-corrected chi connectivity index (χ0v) is 61.3. The number of sulfonamides is 1. The number of aromatic nitrogens is 1. The Balaban J connectivity index is 0.900. The predicted octanol–water partition coefficient (Wildman–Crippen LogP) is 4.00. The molecule has 1 unspecified atom stereocenters. The second kappa shape index (κ2) is 38.5. The Bertz CT molecular complexity index is 3480. The molecule has 0 spiro atoms. The van der Waals surface area contributed by atoms with Gasteiger partial charge in [-0.2, -0.15) is 0 Å². The van der Waals surface area contributed by atoms with Crippen LogP contribution in [0.1, 0.15) is 168 Å². The lowest BCUT2D eigenvalue weighted by Gasteiger charge is -2.38. The van der Waals surface area contributed by atoms with Crippen molar-refractivity contribution in [1.29, 1.82) is 0 Å². The molecule has 1 saturated heterocycles. The number of benzene rings is 2. The maximum Gasteiger partial charge on any atom is 0.312 e. The van der Waals surface area contributed by atoms with E-state index in [1.807, 2.05) is 46.0 Å². The minimum atomic E-state index is -4.29. The van der Waals surface area contributed by atoms with Crippen molar-refractivity contribution in [2.24, 2.45) is 23.5 Å². The third-order valence-corrected chi connectivity index (χ3v) is 21.5. The van der Waals surface area contributed by atoms with E-state index in [-0.39, 0.29) is 150 Å². The van der Waals surface area contributed by atoms with Gasteiger partial charge in [-0.1, -0.05) is 103 Å². The van der Waals surface area contributed by atoms with Crippen LogP contribution in [0.5, 0.6) is 0 Å². The minimum Gasteiger partial charge on any atom is -0.381 e. The van der Waals surface area contributed by atoms with Crippen LogP contribution in [0.4, 0.5) is 4.79 Å². The van der Waals surface area contributed by atoms with Crippen molar-refractivity contribution in [3.63, 3.8) is 0 Å². The molecule has 1 saturated carbocycles. The number of hydrogen-bond donors (Lipinski definition) is 8. The summed E-state index contributed by atoms with van der Waals surface area (Å²) in [5.74, 6) is -6.32. The van der Waals surface area contributed by atoms with Crippen molar-refractivity contribution in [1.82, 2.24) is 56.3 Å². The number of fused-ring (bicyclic) bond motifs is 3. The van der Waals surface area contributed by atoms with Gasteiger partial charge in [0.25, 0.3) is 17.7 Å². The van der Waals surface area contributed by atoms with Crippen molar-refractivity contribution >= 4 is 80.6 Å². The molecule has 11 amide bonds. The molecule has 2 fully saturated rings. The van der Waals surface area contributed by atoms with Crippen LogP contribution in [0.15, 0.2) is 66.1 Å². The third kappa shape index (κ3) is 23.4. The van der Waals surface area contributed by atoms with Crippen LogP contribution in [-0.2, 0) is 79.6 Å². The van der Waals surface area contributed by atoms with Crippen LogP contribution < -0.4 is 42.4 Å². The number of hydrogen-bond acceptors (Lipinski definition) is 19. The van der Waals surface area contributed by atoms with Crippen molar-refractivity contribution in [2.45, 2.75) is 178 Å². The summed E-state index contributed by atoms with van der Waals surface area (Å²) in [6.07, 6.45) is 7.21. The Morgan fingerprint density at radius 1 is 0.772 bits per heavy atom. The SMILES string of the molecule is CCOC[C@H](C[C@H](C(C)C)N(C)C(=O)[C@@H](NC(=O)[C@H]1CCCCN1C)[C@@H](C)CC)c1nc(C(=O)NC23C[C@@H](C(=O)NS(=O)(=O)Cc4ccc(CNC(=O)[C@H](CCCNC(N)=O)NC(=O)[C@@H](NC(=O)CCOCCOCCOCCN5C(=O)C=CC5=O)C(C)C)cc4)c4ccccc4[C@@H]2C3)cs1. The molecule has 28 nitrogen and oxygen atoms in total. The summed E-state index contributed by atoms with van der Waals surface area (Å²) < 4.78 is 52.5. The van der Waals surface area contributed by atoms with Crippen LogP contribution in [0.3, 0.4) is 0 Å². The van der Waals surface area contributed by atoms with Gasteiger partial charge in [0.05, 0.1) is 75.5 Å². The molecule has 556 valence electrons. The zero-order chi connectivity index (χ0) is 73.6. The van der Waals surface area contributed by atoms with Gasteiger partial charge in [0.2, 0.25) is 45.5 Å². The maximum atomic E-state index is 14.5. The summed E-state index contributed by atoms with van der Waals surface area (Å²) in [6, 6.07) is 9.52. The van der Waals surface area contributed by atoms with Crippen molar-refractivity contribution in [3.05, 3.63) is 99.0 Å². The number of rotatable bonds is 42. The van der Waals surface area contributed by atoms with Crippen molar-refractivity contribution < 1.29 is 75.3 Å². The number of primary amides is 1. The molecule has 3 heterocycles. The van der Waals surface area contributed by atoms with Crippen LogP contribution in [0, 0.1) is 17.8 Å². The number of carbonyl (C=O) groups excluding carboxylic acids is 10. The fourth-order valence-corrected chi connectivity index (χ4v) is 15.2. The molecule has 2 aliphatic carbocycles. The van der Waals surface area contributed by atoms with Gasteiger partial charge in [-0.3, -0.25) is 57.7 Å². The molecule has 30 heteroatoms. The van der Waals surface area contributed by atoms with E-state index in [1.54, 1.807) is 61.5 Å². The molecule has 0 bridgehead atoms. The molecule has 2 aliphatic heterocycles. The fourth-order valence-electron chi connectivity index (χ4n) is 13.1. The normalized spacial score (nSPS) is 19.8. The summed E-state index contributed by atoms with van der Waals surface area (Å²) in [6.45, 7) is 16.3. The van der Waals surface area contributed by atoms with Crippen LogP contribution in [0.2, 0.25) is 0 Å². The third-order valence-electron chi connectivity index (χ3n) is 19.2. The lowest BCUT2D eigenvalue weighted by Crippen LogP contribution is -2.58. The van der Waals surface area contributed by atoms with Gasteiger partial charge in [0, 0.05) is 74.1 Å². The monoisotopic (exact) mass is 1440 g/mol. The minimum absolute atomic E-state index is 0.00844.